The lowest BCUT2D eigenvalue weighted by Crippen LogP contribution is -2.12. The molecule has 0 saturated heterocycles. The van der Waals surface area contributed by atoms with Gasteiger partial charge in [-0.05, 0) is 35.4 Å². The Kier molecular flexibility index (Phi) is 4.59. The third-order valence-electron chi connectivity index (χ3n) is 2.56. The predicted molar refractivity (Wildman–Crippen MR) is 73.4 cm³/mol. The van der Waals surface area contributed by atoms with Crippen molar-refractivity contribution in [1.82, 2.24) is 5.32 Å². The van der Waals surface area contributed by atoms with Gasteiger partial charge in [-0.15, -0.1) is 0 Å². The second kappa shape index (κ2) is 6.19. The van der Waals surface area contributed by atoms with Gasteiger partial charge in [-0.1, -0.05) is 41.4 Å². The molecule has 0 unspecified atom stereocenters. The maximum Gasteiger partial charge on any atom is 0.141 e. The fraction of sp³-hybridized carbons (Fsp3) is 0.143. The van der Waals surface area contributed by atoms with Gasteiger partial charge in [0.15, 0.2) is 0 Å². The molecule has 0 aliphatic rings. The third-order valence-corrected chi connectivity index (χ3v) is 3.10. The largest absolute Gasteiger partial charge is 0.309 e. The Bertz CT molecular complexity index is 526. The van der Waals surface area contributed by atoms with Crippen LogP contribution in [0.2, 0.25) is 10.0 Å². The molecule has 94 valence electrons. The molecule has 0 aromatic heterocycles. The molecule has 18 heavy (non-hydrogen) atoms. The SMILES string of the molecule is Fc1ccc(CNCc2ccc(Cl)cc2)cc1Cl. The highest BCUT2D eigenvalue weighted by atomic mass is 35.5. The number of halogens is 3. The summed E-state index contributed by atoms with van der Waals surface area (Å²) in [6, 6.07) is 12.4. The third kappa shape index (κ3) is 3.70. The Balaban J connectivity index is 1.88. The summed E-state index contributed by atoms with van der Waals surface area (Å²) in [5.74, 6) is -0.391. The minimum atomic E-state index is -0.391. The quantitative estimate of drug-likeness (QED) is 0.876. The molecule has 1 nitrogen and oxygen atoms in total. The van der Waals surface area contributed by atoms with Gasteiger partial charge in [-0.3, -0.25) is 0 Å². The smallest absolute Gasteiger partial charge is 0.141 e. The van der Waals surface area contributed by atoms with Crippen LogP contribution in [0.3, 0.4) is 0 Å². The molecule has 0 amide bonds. The Labute approximate surface area is 116 Å². The number of rotatable bonds is 4. The standard InChI is InChI=1S/C14H12Cl2FN/c15-12-4-1-10(2-5-12)8-18-9-11-3-6-14(17)13(16)7-11/h1-7,18H,8-9H2. The lowest BCUT2D eigenvalue weighted by molar-refractivity contribution is 0.625. The zero-order valence-electron chi connectivity index (χ0n) is 9.59. The van der Waals surface area contributed by atoms with Crippen molar-refractivity contribution in [2.45, 2.75) is 13.1 Å². The van der Waals surface area contributed by atoms with Gasteiger partial charge in [0.25, 0.3) is 0 Å². The van der Waals surface area contributed by atoms with Crippen molar-refractivity contribution < 1.29 is 4.39 Å². The van der Waals surface area contributed by atoms with E-state index in [0.29, 0.717) is 6.54 Å². The van der Waals surface area contributed by atoms with Crippen molar-refractivity contribution in [3.05, 3.63) is 69.5 Å². The van der Waals surface area contributed by atoms with Crippen molar-refractivity contribution >= 4 is 23.2 Å². The van der Waals surface area contributed by atoms with E-state index in [1.165, 1.54) is 6.07 Å². The Morgan fingerprint density at radius 3 is 2.17 bits per heavy atom. The van der Waals surface area contributed by atoms with Crippen LogP contribution in [0.1, 0.15) is 11.1 Å². The number of nitrogens with one attached hydrogen (secondary N) is 1. The van der Waals surface area contributed by atoms with Crippen molar-refractivity contribution in [3.63, 3.8) is 0 Å². The molecular formula is C14H12Cl2FN. The molecule has 0 aliphatic heterocycles. The van der Waals surface area contributed by atoms with Crippen LogP contribution in [0.4, 0.5) is 4.39 Å². The summed E-state index contributed by atoms with van der Waals surface area (Å²) in [7, 11) is 0. The molecule has 0 bridgehead atoms. The van der Waals surface area contributed by atoms with E-state index in [9.17, 15) is 4.39 Å². The molecule has 4 heteroatoms. The monoisotopic (exact) mass is 283 g/mol. The van der Waals surface area contributed by atoms with E-state index in [-0.39, 0.29) is 5.02 Å². The van der Waals surface area contributed by atoms with Crippen LogP contribution in [-0.2, 0) is 13.1 Å². The first-order valence-electron chi connectivity index (χ1n) is 5.54. The van der Waals surface area contributed by atoms with Crippen LogP contribution in [-0.4, -0.2) is 0 Å². The van der Waals surface area contributed by atoms with Crippen molar-refractivity contribution in [2.24, 2.45) is 0 Å². The molecule has 2 rings (SSSR count). The molecular weight excluding hydrogens is 272 g/mol. The molecule has 0 heterocycles. The first-order valence-corrected chi connectivity index (χ1v) is 6.30. The van der Waals surface area contributed by atoms with Crippen LogP contribution >= 0.6 is 23.2 Å². The lowest BCUT2D eigenvalue weighted by atomic mass is 10.2. The first kappa shape index (κ1) is 13.3. The molecule has 0 fully saturated rings. The van der Waals surface area contributed by atoms with E-state index >= 15 is 0 Å². The Morgan fingerprint density at radius 2 is 1.50 bits per heavy atom. The topological polar surface area (TPSA) is 12.0 Å². The Morgan fingerprint density at radius 1 is 0.889 bits per heavy atom. The minimum Gasteiger partial charge on any atom is -0.309 e. The fourth-order valence-electron chi connectivity index (χ4n) is 1.60. The maximum absolute atomic E-state index is 13.0. The van der Waals surface area contributed by atoms with Crippen LogP contribution in [0.15, 0.2) is 42.5 Å². The van der Waals surface area contributed by atoms with E-state index in [1.54, 1.807) is 12.1 Å². The molecule has 0 aliphatic carbocycles. The number of hydrogen-bond acceptors (Lipinski definition) is 1. The summed E-state index contributed by atoms with van der Waals surface area (Å²) in [5, 5.41) is 4.14. The lowest BCUT2D eigenvalue weighted by Gasteiger charge is -2.06. The van der Waals surface area contributed by atoms with Gasteiger partial charge in [-0.25, -0.2) is 4.39 Å². The van der Waals surface area contributed by atoms with Gasteiger partial charge in [-0.2, -0.15) is 0 Å². The van der Waals surface area contributed by atoms with Gasteiger partial charge in [0.2, 0.25) is 0 Å². The zero-order chi connectivity index (χ0) is 13.0. The van der Waals surface area contributed by atoms with Crippen molar-refractivity contribution in [1.29, 1.82) is 0 Å². The van der Waals surface area contributed by atoms with E-state index in [0.717, 1.165) is 22.7 Å². The molecule has 0 spiro atoms. The average Bonchev–Trinajstić information content (AvgIpc) is 2.36. The van der Waals surface area contributed by atoms with Crippen molar-refractivity contribution in [2.75, 3.05) is 0 Å². The number of hydrogen-bond donors (Lipinski definition) is 1. The van der Waals surface area contributed by atoms with E-state index < -0.39 is 5.82 Å². The van der Waals surface area contributed by atoms with Crippen LogP contribution < -0.4 is 5.32 Å². The van der Waals surface area contributed by atoms with Crippen LogP contribution in [0, 0.1) is 5.82 Å². The summed E-state index contributed by atoms with van der Waals surface area (Å²) < 4.78 is 13.0. The highest BCUT2D eigenvalue weighted by Crippen LogP contribution is 2.16. The summed E-state index contributed by atoms with van der Waals surface area (Å²) in [4.78, 5) is 0. The Hall–Kier alpha value is -1.09. The van der Waals surface area contributed by atoms with Gasteiger partial charge < -0.3 is 5.32 Å². The molecule has 2 aromatic carbocycles. The summed E-state index contributed by atoms with van der Waals surface area (Å²) in [6.07, 6.45) is 0. The molecule has 0 radical (unpaired) electrons. The van der Waals surface area contributed by atoms with E-state index in [2.05, 4.69) is 5.32 Å². The van der Waals surface area contributed by atoms with Gasteiger partial charge in [0, 0.05) is 18.1 Å². The second-order valence-corrected chi connectivity index (χ2v) is 4.82. The maximum atomic E-state index is 13.0. The fourth-order valence-corrected chi connectivity index (χ4v) is 1.93. The van der Waals surface area contributed by atoms with E-state index in [4.69, 9.17) is 23.2 Å². The van der Waals surface area contributed by atoms with Crippen molar-refractivity contribution in [3.8, 4) is 0 Å². The summed E-state index contributed by atoms with van der Waals surface area (Å²) in [6.45, 7) is 1.37. The molecule has 1 N–H and O–H groups in total. The molecule has 0 saturated carbocycles. The van der Waals surface area contributed by atoms with Gasteiger partial charge in [0.1, 0.15) is 5.82 Å². The second-order valence-electron chi connectivity index (χ2n) is 3.98. The zero-order valence-corrected chi connectivity index (χ0v) is 11.1. The molecule has 2 aromatic rings. The summed E-state index contributed by atoms with van der Waals surface area (Å²) in [5.41, 5.74) is 2.10. The highest BCUT2D eigenvalue weighted by molar-refractivity contribution is 6.31. The summed E-state index contributed by atoms with van der Waals surface area (Å²) >= 11 is 11.5. The number of benzene rings is 2. The van der Waals surface area contributed by atoms with Gasteiger partial charge in [0.05, 0.1) is 5.02 Å². The first-order chi connectivity index (χ1) is 8.65. The molecule has 0 atom stereocenters. The predicted octanol–water partition coefficient (Wildman–Crippen LogP) is 4.42. The highest BCUT2D eigenvalue weighted by Gasteiger charge is 2.00. The van der Waals surface area contributed by atoms with Crippen LogP contribution in [0.5, 0.6) is 0 Å². The van der Waals surface area contributed by atoms with Gasteiger partial charge >= 0.3 is 0 Å². The average molecular weight is 284 g/mol. The normalized spacial score (nSPS) is 10.6. The van der Waals surface area contributed by atoms with Crippen LogP contribution in [0.25, 0.3) is 0 Å². The van der Waals surface area contributed by atoms with E-state index in [1.807, 2.05) is 24.3 Å². The minimum absolute atomic E-state index is 0.154.